The smallest absolute Gasteiger partial charge is 0.333 e. The Kier molecular flexibility index (Phi) is 4.59. The lowest BCUT2D eigenvalue weighted by Crippen LogP contribution is -2.11. The van der Waals surface area contributed by atoms with Crippen molar-refractivity contribution in [2.24, 2.45) is 5.92 Å². The fourth-order valence-corrected chi connectivity index (χ4v) is 0.901. The number of hydrogen-bond acceptors (Lipinski definition) is 2. The van der Waals surface area contributed by atoms with Gasteiger partial charge in [0, 0.05) is 5.57 Å². The molecule has 0 amide bonds. The molecule has 0 saturated carbocycles. The van der Waals surface area contributed by atoms with Gasteiger partial charge in [0.2, 0.25) is 0 Å². The molecule has 64 valence electrons. The van der Waals surface area contributed by atoms with Crippen LogP contribution in [0.3, 0.4) is 0 Å². The molecular weight excluding hydrogens is 140 g/mol. The van der Waals surface area contributed by atoms with Gasteiger partial charge in [-0.2, -0.15) is 0 Å². The SMILES string of the molecule is C/C=C(/C(=O)OCC)C(C)C. The average Bonchev–Trinajstić information content (AvgIpc) is 1.88. The van der Waals surface area contributed by atoms with E-state index in [2.05, 4.69) is 0 Å². The van der Waals surface area contributed by atoms with Gasteiger partial charge in [0.05, 0.1) is 6.61 Å². The van der Waals surface area contributed by atoms with Crippen LogP contribution in [0.5, 0.6) is 0 Å². The van der Waals surface area contributed by atoms with Gasteiger partial charge in [-0.15, -0.1) is 0 Å². The number of allylic oxidation sites excluding steroid dienone is 1. The van der Waals surface area contributed by atoms with Gasteiger partial charge in [-0.3, -0.25) is 0 Å². The molecule has 0 rings (SSSR count). The molecular formula is C9H16O2. The van der Waals surface area contributed by atoms with Crippen LogP contribution in [0.4, 0.5) is 0 Å². The van der Waals surface area contributed by atoms with Crippen molar-refractivity contribution in [2.75, 3.05) is 6.61 Å². The van der Waals surface area contributed by atoms with E-state index < -0.39 is 0 Å². The molecule has 0 aromatic heterocycles. The van der Waals surface area contributed by atoms with Crippen LogP contribution in [-0.4, -0.2) is 12.6 Å². The van der Waals surface area contributed by atoms with Crippen LogP contribution in [0, 0.1) is 5.92 Å². The second kappa shape index (κ2) is 4.94. The van der Waals surface area contributed by atoms with Crippen molar-refractivity contribution in [3.8, 4) is 0 Å². The Balaban J connectivity index is 4.17. The van der Waals surface area contributed by atoms with E-state index >= 15 is 0 Å². The van der Waals surface area contributed by atoms with Crippen LogP contribution in [0.2, 0.25) is 0 Å². The van der Waals surface area contributed by atoms with E-state index in [-0.39, 0.29) is 11.9 Å². The Hall–Kier alpha value is -0.790. The molecule has 0 aromatic carbocycles. The van der Waals surface area contributed by atoms with Gasteiger partial charge >= 0.3 is 5.97 Å². The molecule has 2 heteroatoms. The highest BCUT2D eigenvalue weighted by Crippen LogP contribution is 2.10. The fraction of sp³-hybridized carbons (Fsp3) is 0.667. The third-order valence-electron chi connectivity index (χ3n) is 1.44. The molecule has 0 aliphatic rings. The number of esters is 1. The van der Waals surface area contributed by atoms with Gasteiger partial charge in [-0.05, 0) is 19.8 Å². The van der Waals surface area contributed by atoms with Crippen molar-refractivity contribution < 1.29 is 9.53 Å². The highest BCUT2D eigenvalue weighted by Gasteiger charge is 2.12. The van der Waals surface area contributed by atoms with E-state index in [1.165, 1.54) is 0 Å². The van der Waals surface area contributed by atoms with Crippen LogP contribution in [0.15, 0.2) is 11.6 Å². The maximum Gasteiger partial charge on any atom is 0.333 e. The van der Waals surface area contributed by atoms with E-state index in [9.17, 15) is 4.79 Å². The summed E-state index contributed by atoms with van der Waals surface area (Å²) in [5, 5.41) is 0. The Labute approximate surface area is 68.2 Å². The van der Waals surface area contributed by atoms with Crippen molar-refractivity contribution >= 4 is 5.97 Å². The Morgan fingerprint density at radius 1 is 1.55 bits per heavy atom. The van der Waals surface area contributed by atoms with Gasteiger partial charge in [-0.1, -0.05) is 19.9 Å². The first kappa shape index (κ1) is 10.2. The van der Waals surface area contributed by atoms with Gasteiger partial charge in [-0.25, -0.2) is 4.79 Å². The van der Waals surface area contributed by atoms with Crippen molar-refractivity contribution in [1.82, 2.24) is 0 Å². The molecule has 0 saturated heterocycles. The quantitative estimate of drug-likeness (QED) is 0.462. The monoisotopic (exact) mass is 156 g/mol. The maximum absolute atomic E-state index is 11.1. The molecule has 0 aromatic rings. The lowest BCUT2D eigenvalue weighted by Gasteiger charge is -2.08. The van der Waals surface area contributed by atoms with E-state index in [0.29, 0.717) is 6.61 Å². The zero-order valence-corrected chi connectivity index (χ0v) is 7.68. The molecule has 0 atom stereocenters. The standard InChI is InChI=1S/C9H16O2/c1-5-8(7(3)4)9(10)11-6-2/h5,7H,6H2,1-4H3/b8-5+. The average molecular weight is 156 g/mol. The first-order chi connectivity index (χ1) is 5.13. The fourth-order valence-electron chi connectivity index (χ4n) is 0.901. The van der Waals surface area contributed by atoms with Crippen molar-refractivity contribution in [1.29, 1.82) is 0 Å². The van der Waals surface area contributed by atoms with E-state index in [4.69, 9.17) is 4.74 Å². The molecule has 0 aliphatic heterocycles. The summed E-state index contributed by atoms with van der Waals surface area (Å²) < 4.78 is 4.85. The van der Waals surface area contributed by atoms with Crippen molar-refractivity contribution in [2.45, 2.75) is 27.7 Å². The number of rotatable bonds is 3. The predicted molar refractivity (Wildman–Crippen MR) is 45.2 cm³/mol. The van der Waals surface area contributed by atoms with Gasteiger partial charge in [0.1, 0.15) is 0 Å². The highest BCUT2D eigenvalue weighted by molar-refractivity contribution is 5.88. The molecule has 0 aliphatic carbocycles. The molecule has 0 heterocycles. The van der Waals surface area contributed by atoms with Gasteiger partial charge in [0.15, 0.2) is 0 Å². The Morgan fingerprint density at radius 2 is 2.09 bits per heavy atom. The first-order valence-electron chi connectivity index (χ1n) is 3.96. The zero-order valence-electron chi connectivity index (χ0n) is 7.68. The Morgan fingerprint density at radius 3 is 2.36 bits per heavy atom. The topological polar surface area (TPSA) is 26.3 Å². The van der Waals surface area contributed by atoms with E-state index in [1.807, 2.05) is 33.8 Å². The van der Waals surface area contributed by atoms with Crippen LogP contribution >= 0.6 is 0 Å². The van der Waals surface area contributed by atoms with Crippen LogP contribution in [0.25, 0.3) is 0 Å². The Bertz CT molecular complexity index is 157. The summed E-state index contributed by atoms with van der Waals surface area (Å²) in [5.41, 5.74) is 0.756. The maximum atomic E-state index is 11.1. The molecule has 0 unspecified atom stereocenters. The minimum atomic E-state index is -0.190. The first-order valence-corrected chi connectivity index (χ1v) is 3.96. The van der Waals surface area contributed by atoms with Crippen LogP contribution < -0.4 is 0 Å². The lowest BCUT2D eigenvalue weighted by atomic mass is 10.0. The normalized spacial score (nSPS) is 11.9. The summed E-state index contributed by atoms with van der Waals surface area (Å²) in [7, 11) is 0. The zero-order chi connectivity index (χ0) is 8.85. The molecule has 0 spiro atoms. The van der Waals surface area contributed by atoms with E-state index in [1.54, 1.807) is 0 Å². The van der Waals surface area contributed by atoms with Crippen molar-refractivity contribution in [3.63, 3.8) is 0 Å². The highest BCUT2D eigenvalue weighted by atomic mass is 16.5. The lowest BCUT2D eigenvalue weighted by molar-refractivity contribution is -0.139. The number of ether oxygens (including phenoxy) is 1. The minimum absolute atomic E-state index is 0.190. The number of hydrogen-bond donors (Lipinski definition) is 0. The third kappa shape index (κ3) is 3.21. The molecule has 0 bridgehead atoms. The molecule has 11 heavy (non-hydrogen) atoms. The van der Waals surface area contributed by atoms with Gasteiger partial charge in [0.25, 0.3) is 0 Å². The van der Waals surface area contributed by atoms with E-state index in [0.717, 1.165) is 5.57 Å². The molecule has 0 radical (unpaired) electrons. The summed E-state index contributed by atoms with van der Waals surface area (Å²) >= 11 is 0. The number of carbonyl (C=O) groups is 1. The summed E-state index contributed by atoms with van der Waals surface area (Å²) in [6.07, 6.45) is 1.81. The predicted octanol–water partition coefficient (Wildman–Crippen LogP) is 2.15. The summed E-state index contributed by atoms with van der Waals surface area (Å²) in [5.74, 6) is 0.0593. The summed E-state index contributed by atoms with van der Waals surface area (Å²) in [4.78, 5) is 11.1. The number of carbonyl (C=O) groups excluding carboxylic acids is 1. The van der Waals surface area contributed by atoms with Crippen LogP contribution in [0.1, 0.15) is 27.7 Å². The largest absolute Gasteiger partial charge is 0.463 e. The second-order valence-electron chi connectivity index (χ2n) is 2.62. The van der Waals surface area contributed by atoms with Gasteiger partial charge < -0.3 is 4.74 Å². The van der Waals surface area contributed by atoms with Crippen LogP contribution in [-0.2, 0) is 9.53 Å². The van der Waals surface area contributed by atoms with Crippen molar-refractivity contribution in [3.05, 3.63) is 11.6 Å². The molecule has 0 fully saturated rings. The molecule has 2 nitrogen and oxygen atoms in total. The second-order valence-corrected chi connectivity index (χ2v) is 2.62. The molecule has 0 N–H and O–H groups in total. The summed E-state index contributed by atoms with van der Waals surface area (Å²) in [6.45, 7) is 8.07. The minimum Gasteiger partial charge on any atom is -0.463 e. The summed E-state index contributed by atoms with van der Waals surface area (Å²) in [6, 6.07) is 0. The third-order valence-corrected chi connectivity index (χ3v) is 1.44.